The van der Waals surface area contributed by atoms with Gasteiger partial charge in [0.15, 0.2) is 11.5 Å². The van der Waals surface area contributed by atoms with Gasteiger partial charge in [-0.25, -0.2) is 0 Å². The third-order valence-corrected chi connectivity index (χ3v) is 2.54. The minimum Gasteiger partial charge on any atom is -0.504 e. The van der Waals surface area contributed by atoms with E-state index in [2.05, 4.69) is 0 Å². The second-order valence-electron chi connectivity index (χ2n) is 2.38. The molecule has 1 aromatic rings. The molecule has 0 fully saturated rings. The predicted molar refractivity (Wildman–Crippen MR) is 46.0 cm³/mol. The molecule has 0 aliphatic carbocycles. The lowest BCUT2D eigenvalue weighted by Crippen LogP contribution is -1.85. The molecule has 1 N–H and O–H groups in total. The lowest BCUT2D eigenvalue weighted by atomic mass is 10.3. The number of methoxy groups -OCH3 is 1. The average Bonchev–Trinajstić information content (AvgIpc) is 2.49. The summed E-state index contributed by atoms with van der Waals surface area (Å²) in [5, 5.41) is 9.36. The maximum absolute atomic E-state index is 9.36. The van der Waals surface area contributed by atoms with Crippen LogP contribution >= 0.6 is 11.8 Å². The van der Waals surface area contributed by atoms with Crippen LogP contribution in [0.15, 0.2) is 17.0 Å². The average molecular weight is 184 g/mol. The van der Waals surface area contributed by atoms with Crippen LogP contribution in [-0.4, -0.2) is 18.2 Å². The molecule has 0 amide bonds. The Bertz CT molecular complexity index is 311. The molecule has 1 aromatic carbocycles. The second-order valence-corrected chi connectivity index (χ2v) is 3.34. The highest BCUT2D eigenvalue weighted by Crippen LogP contribution is 2.42. The first-order valence-electron chi connectivity index (χ1n) is 3.48. The maximum atomic E-state index is 9.36. The highest BCUT2D eigenvalue weighted by atomic mass is 32.2. The number of rotatable bonds is 1. The highest BCUT2D eigenvalue weighted by Gasteiger charge is 2.16. The summed E-state index contributed by atoms with van der Waals surface area (Å²) in [5.41, 5.74) is 0. The van der Waals surface area contributed by atoms with Crippen LogP contribution in [0.5, 0.6) is 17.2 Å². The normalized spacial score (nSPS) is 13.8. The minimum atomic E-state index is 0.124. The zero-order valence-electron chi connectivity index (χ0n) is 6.53. The van der Waals surface area contributed by atoms with Crippen LogP contribution in [0.1, 0.15) is 0 Å². The molecular weight excluding hydrogens is 176 g/mol. The van der Waals surface area contributed by atoms with Crippen molar-refractivity contribution in [3.8, 4) is 17.2 Å². The Kier molecular flexibility index (Phi) is 1.77. The second kappa shape index (κ2) is 2.79. The summed E-state index contributed by atoms with van der Waals surface area (Å²) in [4.78, 5) is 1.02. The molecule has 0 aromatic heterocycles. The van der Waals surface area contributed by atoms with Crippen molar-refractivity contribution in [2.75, 3.05) is 13.0 Å². The van der Waals surface area contributed by atoms with Crippen LogP contribution in [0.25, 0.3) is 0 Å². The van der Waals surface area contributed by atoms with E-state index in [0.717, 1.165) is 10.6 Å². The monoisotopic (exact) mass is 184 g/mol. The van der Waals surface area contributed by atoms with Gasteiger partial charge in [0.25, 0.3) is 0 Å². The van der Waals surface area contributed by atoms with E-state index in [0.29, 0.717) is 11.7 Å². The summed E-state index contributed by atoms with van der Waals surface area (Å²) in [5.74, 6) is 1.96. The smallest absolute Gasteiger partial charge is 0.161 e. The summed E-state index contributed by atoms with van der Waals surface area (Å²) in [6.45, 7) is 0. The van der Waals surface area contributed by atoms with E-state index in [4.69, 9.17) is 9.47 Å². The standard InChI is InChI=1S/C8H8O3S/c1-10-6-3-8-7(2-5(6)9)11-4-12-8/h2-3,9H,4H2,1H3. The summed E-state index contributed by atoms with van der Waals surface area (Å²) >= 11 is 1.59. The SMILES string of the molecule is COc1cc2c(cc1O)OCS2. The molecule has 64 valence electrons. The van der Waals surface area contributed by atoms with Gasteiger partial charge in [0.2, 0.25) is 0 Å². The van der Waals surface area contributed by atoms with E-state index in [1.54, 1.807) is 23.9 Å². The first kappa shape index (κ1) is 7.61. The number of ether oxygens (including phenoxy) is 2. The third kappa shape index (κ3) is 1.08. The molecule has 0 bridgehead atoms. The van der Waals surface area contributed by atoms with Gasteiger partial charge in [-0.2, -0.15) is 0 Å². The van der Waals surface area contributed by atoms with E-state index < -0.39 is 0 Å². The molecule has 0 saturated heterocycles. The van der Waals surface area contributed by atoms with Crippen molar-refractivity contribution in [3.63, 3.8) is 0 Å². The summed E-state index contributed by atoms with van der Waals surface area (Å²) in [6, 6.07) is 3.36. The molecule has 0 spiro atoms. The molecule has 3 nitrogen and oxygen atoms in total. The first-order chi connectivity index (χ1) is 5.81. The van der Waals surface area contributed by atoms with Crippen LogP contribution in [0, 0.1) is 0 Å². The lowest BCUT2D eigenvalue weighted by Gasteiger charge is -2.04. The minimum absolute atomic E-state index is 0.124. The molecule has 0 radical (unpaired) electrons. The van der Waals surface area contributed by atoms with Crippen LogP contribution in [0.4, 0.5) is 0 Å². The summed E-state index contributed by atoms with van der Waals surface area (Å²) < 4.78 is 10.2. The van der Waals surface area contributed by atoms with E-state index in [1.165, 1.54) is 7.11 Å². The molecule has 0 saturated carbocycles. The fourth-order valence-electron chi connectivity index (χ4n) is 1.08. The quantitative estimate of drug-likeness (QED) is 0.722. The van der Waals surface area contributed by atoms with Gasteiger partial charge in [-0.05, 0) is 0 Å². The number of thioether (sulfide) groups is 1. The third-order valence-electron chi connectivity index (χ3n) is 1.67. The van der Waals surface area contributed by atoms with E-state index in [9.17, 15) is 5.11 Å². The molecule has 1 aliphatic heterocycles. The van der Waals surface area contributed by atoms with Crippen molar-refractivity contribution in [1.29, 1.82) is 0 Å². The lowest BCUT2D eigenvalue weighted by molar-refractivity contribution is 0.361. The molecule has 2 rings (SSSR count). The summed E-state index contributed by atoms with van der Waals surface area (Å²) in [6.07, 6.45) is 0. The van der Waals surface area contributed by atoms with Gasteiger partial charge in [0, 0.05) is 12.1 Å². The van der Waals surface area contributed by atoms with Gasteiger partial charge < -0.3 is 14.6 Å². The Balaban J connectivity index is 2.49. The number of hydrogen-bond acceptors (Lipinski definition) is 4. The number of phenols is 1. The number of fused-ring (bicyclic) bond motifs is 1. The van der Waals surface area contributed by atoms with Gasteiger partial charge in [-0.1, -0.05) is 11.8 Å². The van der Waals surface area contributed by atoms with Crippen LogP contribution < -0.4 is 9.47 Å². The molecule has 1 heterocycles. The number of phenolic OH excluding ortho intramolecular Hbond substituents is 1. The van der Waals surface area contributed by atoms with Gasteiger partial charge in [0.05, 0.1) is 12.0 Å². The molecular formula is C8H8O3S. The molecule has 4 heteroatoms. The van der Waals surface area contributed by atoms with E-state index >= 15 is 0 Å². The van der Waals surface area contributed by atoms with Crippen molar-refractivity contribution in [2.24, 2.45) is 0 Å². The first-order valence-corrected chi connectivity index (χ1v) is 4.46. The Hall–Kier alpha value is -1.03. The fraction of sp³-hybridized carbons (Fsp3) is 0.250. The Morgan fingerprint density at radius 2 is 2.42 bits per heavy atom. The van der Waals surface area contributed by atoms with Crippen LogP contribution in [0.3, 0.4) is 0 Å². The zero-order valence-corrected chi connectivity index (χ0v) is 7.35. The predicted octanol–water partition coefficient (Wildman–Crippen LogP) is 1.84. The van der Waals surface area contributed by atoms with Crippen molar-refractivity contribution in [3.05, 3.63) is 12.1 Å². The zero-order chi connectivity index (χ0) is 8.55. The Morgan fingerprint density at radius 3 is 3.17 bits per heavy atom. The van der Waals surface area contributed by atoms with Gasteiger partial charge in [-0.3, -0.25) is 0 Å². The number of hydrogen-bond donors (Lipinski definition) is 1. The summed E-state index contributed by atoms with van der Waals surface area (Å²) in [7, 11) is 1.53. The van der Waals surface area contributed by atoms with Crippen LogP contribution in [0.2, 0.25) is 0 Å². The Labute approximate surface area is 74.3 Å². The number of aromatic hydroxyl groups is 1. The van der Waals surface area contributed by atoms with Crippen molar-refractivity contribution in [2.45, 2.75) is 4.90 Å². The van der Waals surface area contributed by atoms with E-state index in [-0.39, 0.29) is 5.75 Å². The van der Waals surface area contributed by atoms with Gasteiger partial charge in [-0.15, -0.1) is 0 Å². The van der Waals surface area contributed by atoms with Crippen molar-refractivity contribution >= 4 is 11.8 Å². The molecule has 12 heavy (non-hydrogen) atoms. The van der Waals surface area contributed by atoms with Crippen molar-refractivity contribution in [1.82, 2.24) is 0 Å². The van der Waals surface area contributed by atoms with Crippen LogP contribution in [-0.2, 0) is 0 Å². The fourth-order valence-corrected chi connectivity index (χ4v) is 1.84. The highest BCUT2D eigenvalue weighted by molar-refractivity contribution is 7.99. The van der Waals surface area contributed by atoms with Gasteiger partial charge in [0.1, 0.15) is 11.7 Å². The van der Waals surface area contributed by atoms with E-state index in [1.807, 2.05) is 0 Å². The number of benzene rings is 1. The largest absolute Gasteiger partial charge is 0.504 e. The molecule has 0 atom stereocenters. The molecule has 1 aliphatic rings. The Morgan fingerprint density at radius 1 is 1.58 bits per heavy atom. The molecule has 0 unspecified atom stereocenters. The van der Waals surface area contributed by atoms with Crippen molar-refractivity contribution < 1.29 is 14.6 Å². The maximum Gasteiger partial charge on any atom is 0.161 e. The van der Waals surface area contributed by atoms with Gasteiger partial charge >= 0.3 is 0 Å². The topological polar surface area (TPSA) is 38.7 Å².